The second-order valence-electron chi connectivity index (χ2n) is 3.43. The van der Waals surface area contributed by atoms with Crippen LogP contribution in [0.1, 0.15) is 25.3 Å². The number of hydrazone groups is 1. The quantitative estimate of drug-likeness (QED) is 0.730. The van der Waals surface area contributed by atoms with Crippen LogP contribution >= 0.6 is 0 Å². The lowest BCUT2D eigenvalue weighted by Crippen LogP contribution is -2.34. The van der Waals surface area contributed by atoms with Crippen molar-refractivity contribution in [1.29, 1.82) is 0 Å². The molecule has 0 aliphatic carbocycles. The molecule has 0 bridgehead atoms. The summed E-state index contributed by atoms with van der Waals surface area (Å²) in [5, 5.41) is 4.11. The zero-order valence-corrected chi connectivity index (χ0v) is 7.83. The molecule has 2 heteroatoms. The molecule has 0 aromatic heterocycles. The van der Waals surface area contributed by atoms with Crippen LogP contribution in [0, 0.1) is 0 Å². The fourth-order valence-electron chi connectivity index (χ4n) is 1.78. The third-order valence-electron chi connectivity index (χ3n) is 2.74. The molecule has 1 aromatic rings. The lowest BCUT2D eigenvalue weighted by Gasteiger charge is -2.27. The first kappa shape index (κ1) is 8.30. The van der Waals surface area contributed by atoms with E-state index in [-0.39, 0.29) is 5.54 Å². The molecule has 1 atom stereocenters. The van der Waals surface area contributed by atoms with Crippen molar-refractivity contribution in [3.05, 3.63) is 35.9 Å². The number of nitrogens with zero attached hydrogens (tertiary/aromatic N) is 1. The van der Waals surface area contributed by atoms with Gasteiger partial charge in [-0.25, -0.2) is 0 Å². The van der Waals surface area contributed by atoms with Gasteiger partial charge < -0.3 is 0 Å². The highest BCUT2D eigenvalue weighted by atomic mass is 15.3. The fraction of sp³-hybridized carbons (Fsp3) is 0.364. The highest BCUT2D eigenvalue weighted by Gasteiger charge is 2.31. The summed E-state index contributed by atoms with van der Waals surface area (Å²) in [6.45, 7) is 2.19. The zero-order valence-electron chi connectivity index (χ0n) is 7.83. The van der Waals surface area contributed by atoms with E-state index >= 15 is 0 Å². The zero-order chi connectivity index (χ0) is 9.15. The van der Waals surface area contributed by atoms with E-state index < -0.39 is 0 Å². The van der Waals surface area contributed by atoms with Crippen LogP contribution in [-0.4, -0.2) is 6.21 Å². The molecular formula is C11H14N2. The van der Waals surface area contributed by atoms with Gasteiger partial charge in [0.1, 0.15) is 0 Å². The normalized spacial score (nSPS) is 25.9. The summed E-state index contributed by atoms with van der Waals surface area (Å²) in [6, 6.07) is 10.5. The topological polar surface area (TPSA) is 24.4 Å². The summed E-state index contributed by atoms with van der Waals surface area (Å²) in [6.07, 6.45) is 4.01. The minimum absolute atomic E-state index is 0.0568. The Bertz CT molecular complexity index is 295. The first-order chi connectivity index (χ1) is 6.37. The first-order valence-corrected chi connectivity index (χ1v) is 4.71. The Labute approximate surface area is 78.7 Å². The van der Waals surface area contributed by atoms with Crippen molar-refractivity contribution in [3.63, 3.8) is 0 Å². The minimum Gasteiger partial charge on any atom is -0.299 e. The molecule has 13 heavy (non-hydrogen) atoms. The molecule has 0 amide bonds. The molecule has 0 fully saturated rings. The smallest absolute Gasteiger partial charge is 0.0844 e. The Morgan fingerprint density at radius 2 is 2.15 bits per heavy atom. The van der Waals surface area contributed by atoms with Gasteiger partial charge in [0.15, 0.2) is 0 Å². The number of benzene rings is 1. The lowest BCUT2D eigenvalue weighted by atomic mass is 9.86. The molecule has 1 heterocycles. The predicted octanol–water partition coefficient (Wildman–Crippen LogP) is 2.27. The van der Waals surface area contributed by atoms with Gasteiger partial charge in [-0.1, -0.05) is 37.3 Å². The van der Waals surface area contributed by atoms with E-state index in [0.717, 1.165) is 12.8 Å². The van der Waals surface area contributed by atoms with Gasteiger partial charge in [-0.2, -0.15) is 5.10 Å². The fourth-order valence-corrected chi connectivity index (χ4v) is 1.78. The Balaban J connectivity index is 2.32. The van der Waals surface area contributed by atoms with Crippen molar-refractivity contribution in [1.82, 2.24) is 5.43 Å². The lowest BCUT2D eigenvalue weighted by molar-refractivity contribution is 0.367. The molecule has 0 spiro atoms. The van der Waals surface area contributed by atoms with E-state index in [2.05, 4.69) is 41.7 Å². The second-order valence-corrected chi connectivity index (χ2v) is 3.43. The third-order valence-corrected chi connectivity index (χ3v) is 2.74. The van der Waals surface area contributed by atoms with E-state index in [4.69, 9.17) is 0 Å². The van der Waals surface area contributed by atoms with Gasteiger partial charge in [-0.15, -0.1) is 0 Å². The minimum atomic E-state index is 0.0568. The highest BCUT2D eigenvalue weighted by molar-refractivity contribution is 5.62. The molecule has 68 valence electrons. The van der Waals surface area contributed by atoms with E-state index in [9.17, 15) is 0 Å². The summed E-state index contributed by atoms with van der Waals surface area (Å²) in [7, 11) is 0. The third kappa shape index (κ3) is 1.32. The van der Waals surface area contributed by atoms with Crippen LogP contribution in [-0.2, 0) is 5.54 Å². The van der Waals surface area contributed by atoms with Gasteiger partial charge in [-0.3, -0.25) is 5.43 Å². The average Bonchev–Trinajstić information content (AvgIpc) is 2.69. The van der Waals surface area contributed by atoms with E-state index in [1.165, 1.54) is 5.56 Å². The molecule has 2 rings (SSSR count). The summed E-state index contributed by atoms with van der Waals surface area (Å²) in [5.74, 6) is 0. The largest absolute Gasteiger partial charge is 0.299 e. The first-order valence-electron chi connectivity index (χ1n) is 4.71. The van der Waals surface area contributed by atoms with Crippen LogP contribution in [0.2, 0.25) is 0 Å². The Morgan fingerprint density at radius 1 is 1.38 bits per heavy atom. The maximum atomic E-state index is 4.11. The maximum absolute atomic E-state index is 4.11. The van der Waals surface area contributed by atoms with Crippen LogP contribution in [0.4, 0.5) is 0 Å². The van der Waals surface area contributed by atoms with Gasteiger partial charge in [0.2, 0.25) is 0 Å². The van der Waals surface area contributed by atoms with Crippen molar-refractivity contribution >= 4 is 6.21 Å². The SMILES string of the molecule is CCC1(c2ccccc2)CC=NN1. The van der Waals surface area contributed by atoms with Crippen molar-refractivity contribution in [2.45, 2.75) is 25.3 Å². The number of hydrogen-bond donors (Lipinski definition) is 1. The van der Waals surface area contributed by atoms with E-state index in [0.29, 0.717) is 0 Å². The molecule has 1 aliphatic heterocycles. The van der Waals surface area contributed by atoms with Crippen LogP contribution in [0.5, 0.6) is 0 Å². The summed E-state index contributed by atoms with van der Waals surface area (Å²) < 4.78 is 0. The second kappa shape index (κ2) is 3.21. The number of hydrogen-bond acceptors (Lipinski definition) is 2. The Kier molecular flexibility index (Phi) is 2.05. The van der Waals surface area contributed by atoms with Gasteiger partial charge in [0.05, 0.1) is 5.54 Å². The Hall–Kier alpha value is -1.31. The van der Waals surface area contributed by atoms with Crippen molar-refractivity contribution < 1.29 is 0 Å². The van der Waals surface area contributed by atoms with Crippen LogP contribution in [0.25, 0.3) is 0 Å². The number of rotatable bonds is 2. The molecule has 1 aliphatic rings. The van der Waals surface area contributed by atoms with Crippen molar-refractivity contribution in [2.75, 3.05) is 0 Å². The van der Waals surface area contributed by atoms with Crippen molar-refractivity contribution in [2.24, 2.45) is 5.10 Å². The van der Waals surface area contributed by atoms with Gasteiger partial charge in [0.25, 0.3) is 0 Å². The Morgan fingerprint density at radius 3 is 2.69 bits per heavy atom. The molecule has 1 N–H and O–H groups in total. The molecule has 2 nitrogen and oxygen atoms in total. The monoisotopic (exact) mass is 174 g/mol. The number of nitrogens with one attached hydrogen (secondary N) is 1. The summed E-state index contributed by atoms with van der Waals surface area (Å²) in [4.78, 5) is 0. The van der Waals surface area contributed by atoms with Crippen LogP contribution < -0.4 is 5.43 Å². The van der Waals surface area contributed by atoms with E-state index in [1.54, 1.807) is 0 Å². The van der Waals surface area contributed by atoms with Crippen LogP contribution in [0.15, 0.2) is 35.4 Å². The summed E-state index contributed by atoms with van der Waals surface area (Å²) >= 11 is 0. The average molecular weight is 174 g/mol. The molecule has 0 radical (unpaired) electrons. The molecule has 1 unspecified atom stereocenters. The molecule has 1 aromatic carbocycles. The van der Waals surface area contributed by atoms with E-state index in [1.807, 2.05) is 12.3 Å². The van der Waals surface area contributed by atoms with Crippen molar-refractivity contribution in [3.8, 4) is 0 Å². The van der Waals surface area contributed by atoms with Crippen LogP contribution in [0.3, 0.4) is 0 Å². The standard InChI is InChI=1S/C11H14N2/c1-2-11(8-9-12-13-11)10-6-4-3-5-7-10/h3-7,9,13H,2,8H2,1H3. The predicted molar refractivity (Wildman–Crippen MR) is 54.7 cm³/mol. The highest BCUT2D eigenvalue weighted by Crippen LogP contribution is 2.30. The van der Waals surface area contributed by atoms with Gasteiger partial charge in [-0.05, 0) is 12.0 Å². The summed E-state index contributed by atoms with van der Waals surface area (Å²) in [5.41, 5.74) is 4.59. The molecule has 0 saturated carbocycles. The molecule has 0 saturated heterocycles. The van der Waals surface area contributed by atoms with Gasteiger partial charge >= 0.3 is 0 Å². The maximum Gasteiger partial charge on any atom is 0.0844 e. The molecular weight excluding hydrogens is 160 g/mol. The van der Waals surface area contributed by atoms with Gasteiger partial charge in [0, 0.05) is 12.6 Å².